The molecule has 1 amide bonds. The number of ether oxygens (including phenoxy) is 1. The third kappa shape index (κ3) is 4.82. The quantitative estimate of drug-likeness (QED) is 0.691. The second-order valence-electron chi connectivity index (χ2n) is 5.93. The van der Waals surface area contributed by atoms with Crippen molar-refractivity contribution >= 4 is 17.5 Å². The number of aromatic nitrogens is 2. The lowest BCUT2D eigenvalue weighted by Gasteiger charge is -2.20. The topological polar surface area (TPSA) is 67.4 Å². The van der Waals surface area contributed by atoms with E-state index in [0.717, 1.165) is 17.0 Å². The molecule has 1 heterocycles. The number of carbonyl (C=O) groups is 1. The van der Waals surface area contributed by atoms with Gasteiger partial charge in [-0.05, 0) is 30.7 Å². The maximum atomic E-state index is 12.9. The molecule has 1 aromatic heterocycles. The number of nitrogens with zero attached hydrogens (tertiary/aromatic N) is 3. The van der Waals surface area contributed by atoms with Gasteiger partial charge in [-0.3, -0.25) is 4.79 Å². The summed E-state index contributed by atoms with van der Waals surface area (Å²) in [6, 6.07) is 19.0. The van der Waals surface area contributed by atoms with E-state index in [-0.39, 0.29) is 5.91 Å². The molecule has 2 aromatic carbocycles. The molecule has 0 unspecified atom stereocenters. The van der Waals surface area contributed by atoms with Crippen molar-refractivity contribution in [3.05, 3.63) is 78.1 Å². The van der Waals surface area contributed by atoms with Crippen molar-refractivity contribution < 1.29 is 9.53 Å². The van der Waals surface area contributed by atoms with Crippen molar-refractivity contribution in [1.82, 2.24) is 14.9 Å². The van der Waals surface area contributed by atoms with E-state index in [1.54, 1.807) is 24.3 Å². The van der Waals surface area contributed by atoms with Crippen LogP contribution in [0.1, 0.15) is 23.0 Å². The number of amides is 1. The van der Waals surface area contributed by atoms with Gasteiger partial charge in [-0.25, -0.2) is 9.97 Å². The predicted molar refractivity (Wildman–Crippen MR) is 105 cm³/mol. The fraction of sp³-hybridized carbons (Fsp3) is 0.190. The summed E-state index contributed by atoms with van der Waals surface area (Å²) < 4.78 is 5.22. The molecule has 0 aliphatic rings. The van der Waals surface area contributed by atoms with Crippen LogP contribution in [-0.4, -0.2) is 34.4 Å². The average molecular weight is 362 g/mol. The number of rotatable bonds is 7. The zero-order valence-corrected chi connectivity index (χ0v) is 15.4. The molecule has 0 aliphatic heterocycles. The summed E-state index contributed by atoms with van der Waals surface area (Å²) in [4.78, 5) is 23.2. The minimum Gasteiger partial charge on any atom is -0.497 e. The molecule has 1 N–H and O–H groups in total. The van der Waals surface area contributed by atoms with Crippen molar-refractivity contribution in [1.29, 1.82) is 0 Å². The molecule has 27 heavy (non-hydrogen) atoms. The van der Waals surface area contributed by atoms with E-state index in [1.807, 2.05) is 61.5 Å². The lowest BCUT2D eigenvalue weighted by Crippen LogP contribution is -2.31. The maximum Gasteiger partial charge on any atom is 0.272 e. The van der Waals surface area contributed by atoms with Gasteiger partial charge in [0.05, 0.1) is 7.11 Å². The Kier molecular flexibility index (Phi) is 5.99. The van der Waals surface area contributed by atoms with Gasteiger partial charge in [-0.1, -0.05) is 36.4 Å². The van der Waals surface area contributed by atoms with Gasteiger partial charge in [0, 0.05) is 31.0 Å². The highest BCUT2D eigenvalue weighted by atomic mass is 16.5. The zero-order valence-electron chi connectivity index (χ0n) is 15.4. The summed E-state index contributed by atoms with van der Waals surface area (Å²) in [5.74, 6) is 0.967. The zero-order chi connectivity index (χ0) is 19.1. The Morgan fingerprint density at radius 3 is 2.67 bits per heavy atom. The first-order valence-electron chi connectivity index (χ1n) is 8.77. The summed E-state index contributed by atoms with van der Waals surface area (Å²) in [7, 11) is 1.61. The normalized spacial score (nSPS) is 10.3. The molecule has 0 aliphatic carbocycles. The Labute approximate surface area is 158 Å². The van der Waals surface area contributed by atoms with Crippen LogP contribution >= 0.6 is 0 Å². The van der Waals surface area contributed by atoms with Crippen molar-refractivity contribution in [3.8, 4) is 5.75 Å². The van der Waals surface area contributed by atoms with Crippen LogP contribution in [0.25, 0.3) is 0 Å². The molecule has 6 heteroatoms. The molecule has 0 atom stereocenters. The fourth-order valence-corrected chi connectivity index (χ4v) is 2.66. The highest BCUT2D eigenvalue weighted by Crippen LogP contribution is 2.19. The highest BCUT2D eigenvalue weighted by Gasteiger charge is 2.16. The predicted octanol–water partition coefficient (Wildman–Crippen LogP) is 3.89. The number of methoxy groups -OCH3 is 1. The van der Waals surface area contributed by atoms with Crippen molar-refractivity contribution in [3.63, 3.8) is 0 Å². The van der Waals surface area contributed by atoms with E-state index in [4.69, 9.17) is 4.74 Å². The summed E-state index contributed by atoms with van der Waals surface area (Å²) >= 11 is 0. The first kappa shape index (κ1) is 18.4. The number of hydrogen-bond acceptors (Lipinski definition) is 5. The molecular formula is C21H22N4O2. The van der Waals surface area contributed by atoms with Gasteiger partial charge in [0.2, 0.25) is 5.95 Å². The molecule has 3 aromatic rings. The average Bonchev–Trinajstić information content (AvgIpc) is 2.72. The van der Waals surface area contributed by atoms with Crippen LogP contribution in [-0.2, 0) is 6.54 Å². The third-order valence-electron chi connectivity index (χ3n) is 4.09. The van der Waals surface area contributed by atoms with E-state index >= 15 is 0 Å². The monoisotopic (exact) mass is 362 g/mol. The van der Waals surface area contributed by atoms with E-state index in [1.165, 1.54) is 0 Å². The van der Waals surface area contributed by atoms with E-state index < -0.39 is 0 Å². The van der Waals surface area contributed by atoms with Crippen molar-refractivity contribution in [2.45, 2.75) is 13.5 Å². The van der Waals surface area contributed by atoms with Crippen LogP contribution in [0.2, 0.25) is 0 Å². The number of benzene rings is 2. The number of nitrogens with one attached hydrogen (secondary N) is 1. The Bertz CT molecular complexity index is 899. The second-order valence-corrected chi connectivity index (χ2v) is 5.93. The van der Waals surface area contributed by atoms with Gasteiger partial charge < -0.3 is 15.0 Å². The fourth-order valence-electron chi connectivity index (χ4n) is 2.66. The van der Waals surface area contributed by atoms with E-state index in [9.17, 15) is 4.79 Å². The largest absolute Gasteiger partial charge is 0.497 e. The SMILES string of the molecule is CCN(Cc1ccccc1)C(=O)c1ccnc(Nc2cccc(OC)c2)n1. The molecule has 0 fully saturated rings. The smallest absolute Gasteiger partial charge is 0.272 e. The van der Waals surface area contributed by atoms with Crippen LogP contribution < -0.4 is 10.1 Å². The molecule has 0 saturated carbocycles. The van der Waals surface area contributed by atoms with Gasteiger partial charge in [-0.2, -0.15) is 0 Å². The molecule has 0 bridgehead atoms. The van der Waals surface area contributed by atoms with Gasteiger partial charge in [0.15, 0.2) is 0 Å². The standard InChI is InChI=1S/C21H22N4O2/c1-3-25(15-16-8-5-4-6-9-16)20(26)19-12-13-22-21(24-19)23-17-10-7-11-18(14-17)27-2/h4-14H,3,15H2,1-2H3,(H,22,23,24). The van der Waals surface area contributed by atoms with Gasteiger partial charge >= 0.3 is 0 Å². The first-order valence-corrected chi connectivity index (χ1v) is 8.77. The van der Waals surface area contributed by atoms with Crippen LogP contribution in [0.4, 0.5) is 11.6 Å². The molecule has 0 saturated heterocycles. The number of hydrogen-bond donors (Lipinski definition) is 1. The van der Waals surface area contributed by atoms with Crippen molar-refractivity contribution in [2.75, 3.05) is 19.0 Å². The highest BCUT2D eigenvalue weighted by molar-refractivity contribution is 5.92. The van der Waals surface area contributed by atoms with E-state index in [2.05, 4.69) is 15.3 Å². The van der Waals surface area contributed by atoms with Crippen molar-refractivity contribution in [2.24, 2.45) is 0 Å². The Balaban J connectivity index is 1.76. The van der Waals surface area contributed by atoms with Crippen LogP contribution in [0, 0.1) is 0 Å². The molecule has 3 rings (SSSR count). The Morgan fingerprint density at radius 2 is 1.93 bits per heavy atom. The second kappa shape index (κ2) is 8.80. The lowest BCUT2D eigenvalue weighted by molar-refractivity contribution is 0.0746. The minimum atomic E-state index is -0.127. The summed E-state index contributed by atoms with van der Waals surface area (Å²) in [5.41, 5.74) is 2.22. The number of anilines is 2. The molecule has 0 spiro atoms. The maximum absolute atomic E-state index is 12.9. The van der Waals surface area contributed by atoms with Gasteiger partial charge in [-0.15, -0.1) is 0 Å². The van der Waals surface area contributed by atoms with Crippen LogP contribution in [0.3, 0.4) is 0 Å². The lowest BCUT2D eigenvalue weighted by atomic mass is 10.2. The Morgan fingerprint density at radius 1 is 1.11 bits per heavy atom. The van der Waals surface area contributed by atoms with Gasteiger partial charge in [0.1, 0.15) is 11.4 Å². The summed E-state index contributed by atoms with van der Waals surface area (Å²) in [5, 5.41) is 3.11. The van der Waals surface area contributed by atoms with Crippen LogP contribution in [0.5, 0.6) is 5.75 Å². The Hall–Kier alpha value is -3.41. The van der Waals surface area contributed by atoms with Gasteiger partial charge in [0.25, 0.3) is 5.91 Å². The summed E-state index contributed by atoms with van der Waals surface area (Å²) in [6.07, 6.45) is 1.58. The first-order chi connectivity index (χ1) is 13.2. The molecule has 138 valence electrons. The number of carbonyl (C=O) groups excluding carboxylic acids is 1. The third-order valence-corrected chi connectivity index (χ3v) is 4.09. The van der Waals surface area contributed by atoms with Crippen LogP contribution in [0.15, 0.2) is 66.9 Å². The summed E-state index contributed by atoms with van der Waals surface area (Å²) in [6.45, 7) is 3.09. The molecule has 6 nitrogen and oxygen atoms in total. The van der Waals surface area contributed by atoms with E-state index in [0.29, 0.717) is 24.7 Å². The minimum absolute atomic E-state index is 0.127. The molecular weight excluding hydrogens is 340 g/mol. The molecule has 0 radical (unpaired) electrons.